The summed E-state index contributed by atoms with van der Waals surface area (Å²) in [5.41, 5.74) is 7.25. The zero-order valence-corrected chi connectivity index (χ0v) is 13.2. The highest BCUT2D eigenvalue weighted by Gasteiger charge is 2.26. The lowest BCUT2D eigenvalue weighted by atomic mass is 9.84. The molecule has 0 spiro atoms. The van der Waals surface area contributed by atoms with E-state index in [-0.39, 0.29) is 23.9 Å². The number of benzene rings is 1. The van der Waals surface area contributed by atoms with Gasteiger partial charge >= 0.3 is 0 Å². The molecule has 1 aliphatic carbocycles. The Bertz CT molecular complexity index is 440. The minimum Gasteiger partial charge on any atom is -0.353 e. The van der Waals surface area contributed by atoms with Crippen LogP contribution in [-0.2, 0) is 4.79 Å². The molecule has 0 aliphatic heterocycles. The van der Waals surface area contributed by atoms with E-state index in [1.807, 2.05) is 37.3 Å². The molecule has 21 heavy (non-hydrogen) atoms. The van der Waals surface area contributed by atoms with Crippen molar-refractivity contribution in [2.45, 2.75) is 58.0 Å². The average Bonchev–Trinajstić information content (AvgIpc) is 2.55. The number of amides is 1. The molecule has 0 bridgehead atoms. The first-order chi connectivity index (χ1) is 10.1. The summed E-state index contributed by atoms with van der Waals surface area (Å²) in [6, 6.07) is 9.87. The van der Waals surface area contributed by atoms with Crippen LogP contribution in [-0.4, -0.2) is 11.9 Å². The van der Waals surface area contributed by atoms with Crippen LogP contribution in [0, 0.1) is 11.8 Å². The molecule has 3 nitrogen and oxygen atoms in total. The van der Waals surface area contributed by atoms with E-state index in [9.17, 15) is 4.79 Å². The summed E-state index contributed by atoms with van der Waals surface area (Å²) in [6.07, 6.45) is 6.40. The molecule has 0 radical (unpaired) electrons. The fraction of sp³-hybridized carbons (Fsp3) is 0.611. The Labute approximate surface area is 128 Å². The SMILES string of the molecule is CC(NC(=O)C(C)C(N)c1ccccc1)C1CCCCC1. The molecule has 1 saturated carbocycles. The maximum atomic E-state index is 12.4. The van der Waals surface area contributed by atoms with Crippen molar-refractivity contribution < 1.29 is 4.79 Å². The van der Waals surface area contributed by atoms with Crippen LogP contribution in [0.3, 0.4) is 0 Å². The first-order valence-corrected chi connectivity index (χ1v) is 8.20. The third kappa shape index (κ3) is 4.31. The van der Waals surface area contributed by atoms with Gasteiger partial charge in [0.1, 0.15) is 0 Å². The molecule has 0 aromatic heterocycles. The summed E-state index contributed by atoms with van der Waals surface area (Å²) >= 11 is 0. The maximum Gasteiger partial charge on any atom is 0.224 e. The van der Waals surface area contributed by atoms with Gasteiger partial charge in [0.15, 0.2) is 0 Å². The lowest BCUT2D eigenvalue weighted by Gasteiger charge is -2.30. The van der Waals surface area contributed by atoms with E-state index in [1.54, 1.807) is 0 Å². The van der Waals surface area contributed by atoms with Gasteiger partial charge < -0.3 is 11.1 Å². The Morgan fingerprint density at radius 2 is 1.76 bits per heavy atom. The van der Waals surface area contributed by atoms with Crippen molar-refractivity contribution in [3.8, 4) is 0 Å². The Morgan fingerprint density at radius 1 is 1.14 bits per heavy atom. The third-order valence-corrected chi connectivity index (χ3v) is 4.86. The topological polar surface area (TPSA) is 55.1 Å². The Kier molecular flexibility index (Phi) is 5.80. The van der Waals surface area contributed by atoms with E-state index in [0.29, 0.717) is 5.92 Å². The highest BCUT2D eigenvalue weighted by atomic mass is 16.1. The second kappa shape index (κ2) is 7.60. The van der Waals surface area contributed by atoms with Crippen LogP contribution >= 0.6 is 0 Å². The van der Waals surface area contributed by atoms with E-state index in [0.717, 1.165) is 5.56 Å². The summed E-state index contributed by atoms with van der Waals surface area (Å²) < 4.78 is 0. The van der Waals surface area contributed by atoms with Crippen LogP contribution in [0.25, 0.3) is 0 Å². The average molecular weight is 288 g/mol. The summed E-state index contributed by atoms with van der Waals surface area (Å²) in [4.78, 5) is 12.4. The first kappa shape index (κ1) is 16.0. The molecular formula is C18H28N2O. The van der Waals surface area contributed by atoms with Gasteiger partial charge in [-0.2, -0.15) is 0 Å². The fourth-order valence-electron chi connectivity index (χ4n) is 3.23. The van der Waals surface area contributed by atoms with Crippen molar-refractivity contribution in [2.75, 3.05) is 0 Å². The zero-order chi connectivity index (χ0) is 15.2. The number of rotatable bonds is 5. The van der Waals surface area contributed by atoms with Gasteiger partial charge in [-0.25, -0.2) is 0 Å². The lowest BCUT2D eigenvalue weighted by Crippen LogP contribution is -2.43. The molecule has 1 fully saturated rings. The second-order valence-electron chi connectivity index (χ2n) is 6.42. The van der Waals surface area contributed by atoms with E-state index in [1.165, 1.54) is 32.1 Å². The molecule has 1 aromatic rings. The molecule has 3 N–H and O–H groups in total. The summed E-state index contributed by atoms with van der Waals surface area (Å²) in [6.45, 7) is 4.05. The molecule has 116 valence electrons. The predicted octanol–water partition coefficient (Wildman–Crippen LogP) is 3.41. The van der Waals surface area contributed by atoms with E-state index < -0.39 is 0 Å². The van der Waals surface area contributed by atoms with Gasteiger partial charge in [-0.05, 0) is 31.2 Å². The van der Waals surface area contributed by atoms with Crippen LogP contribution in [0.4, 0.5) is 0 Å². The van der Waals surface area contributed by atoms with Crippen LogP contribution in [0.2, 0.25) is 0 Å². The minimum absolute atomic E-state index is 0.0735. The van der Waals surface area contributed by atoms with Crippen LogP contribution in [0.5, 0.6) is 0 Å². The number of carbonyl (C=O) groups excluding carboxylic acids is 1. The predicted molar refractivity (Wildman–Crippen MR) is 86.7 cm³/mol. The van der Waals surface area contributed by atoms with Crippen LogP contribution in [0.15, 0.2) is 30.3 Å². The highest BCUT2D eigenvalue weighted by Crippen LogP contribution is 2.27. The lowest BCUT2D eigenvalue weighted by molar-refractivity contribution is -0.126. The largest absolute Gasteiger partial charge is 0.353 e. The molecule has 3 atom stereocenters. The van der Waals surface area contributed by atoms with Gasteiger partial charge in [-0.3, -0.25) is 4.79 Å². The standard InChI is InChI=1S/C18H28N2O/c1-13(17(19)16-11-7-4-8-12-16)18(21)20-14(2)15-9-5-3-6-10-15/h4,7-8,11-15,17H,3,5-6,9-10,19H2,1-2H3,(H,20,21). The van der Waals surface area contributed by atoms with Gasteiger partial charge in [0, 0.05) is 12.1 Å². The van der Waals surface area contributed by atoms with Gasteiger partial charge in [0.2, 0.25) is 5.91 Å². The molecule has 0 saturated heterocycles. The van der Waals surface area contributed by atoms with Crippen LogP contribution < -0.4 is 11.1 Å². The van der Waals surface area contributed by atoms with Crippen molar-refractivity contribution in [3.05, 3.63) is 35.9 Å². The Hall–Kier alpha value is -1.35. The molecule has 1 aromatic carbocycles. The van der Waals surface area contributed by atoms with Gasteiger partial charge in [0.25, 0.3) is 0 Å². The summed E-state index contributed by atoms with van der Waals surface area (Å²) in [7, 11) is 0. The quantitative estimate of drug-likeness (QED) is 0.872. The smallest absolute Gasteiger partial charge is 0.224 e. The monoisotopic (exact) mass is 288 g/mol. The van der Waals surface area contributed by atoms with Crippen molar-refractivity contribution in [2.24, 2.45) is 17.6 Å². The van der Waals surface area contributed by atoms with Crippen molar-refractivity contribution in [1.29, 1.82) is 0 Å². The third-order valence-electron chi connectivity index (χ3n) is 4.86. The zero-order valence-electron chi connectivity index (χ0n) is 13.2. The molecule has 0 heterocycles. The molecule has 3 heteroatoms. The number of carbonyl (C=O) groups is 1. The van der Waals surface area contributed by atoms with Crippen molar-refractivity contribution in [3.63, 3.8) is 0 Å². The van der Waals surface area contributed by atoms with E-state index in [2.05, 4.69) is 12.2 Å². The van der Waals surface area contributed by atoms with E-state index in [4.69, 9.17) is 5.73 Å². The number of nitrogens with two attached hydrogens (primary N) is 1. The highest BCUT2D eigenvalue weighted by molar-refractivity contribution is 5.79. The summed E-state index contributed by atoms with van der Waals surface area (Å²) in [5.74, 6) is 0.491. The fourth-order valence-corrected chi connectivity index (χ4v) is 3.23. The van der Waals surface area contributed by atoms with Gasteiger partial charge in [0.05, 0.1) is 5.92 Å². The van der Waals surface area contributed by atoms with Gasteiger partial charge in [-0.1, -0.05) is 56.5 Å². The van der Waals surface area contributed by atoms with Crippen molar-refractivity contribution >= 4 is 5.91 Å². The molecule has 3 unspecified atom stereocenters. The minimum atomic E-state index is -0.246. The van der Waals surface area contributed by atoms with E-state index >= 15 is 0 Å². The summed E-state index contributed by atoms with van der Waals surface area (Å²) in [5, 5.41) is 3.18. The Morgan fingerprint density at radius 3 is 2.38 bits per heavy atom. The number of hydrogen-bond donors (Lipinski definition) is 2. The van der Waals surface area contributed by atoms with Crippen LogP contribution in [0.1, 0.15) is 57.6 Å². The normalized spacial score (nSPS) is 20.5. The molecule has 1 aliphatic rings. The van der Waals surface area contributed by atoms with Gasteiger partial charge in [-0.15, -0.1) is 0 Å². The van der Waals surface area contributed by atoms with Crippen molar-refractivity contribution in [1.82, 2.24) is 5.32 Å². The molecule has 2 rings (SSSR count). The Balaban J connectivity index is 1.89. The number of nitrogens with one attached hydrogen (secondary N) is 1. The first-order valence-electron chi connectivity index (χ1n) is 8.20. The maximum absolute atomic E-state index is 12.4. The molecular weight excluding hydrogens is 260 g/mol. The molecule has 1 amide bonds. The second-order valence-corrected chi connectivity index (χ2v) is 6.42. The number of hydrogen-bond acceptors (Lipinski definition) is 2.